The van der Waals surface area contributed by atoms with Gasteiger partial charge in [-0.3, -0.25) is 4.79 Å². The summed E-state index contributed by atoms with van der Waals surface area (Å²) in [7, 11) is 0. The Morgan fingerprint density at radius 1 is 1.06 bits per heavy atom. The van der Waals surface area contributed by atoms with Crippen molar-refractivity contribution in [2.75, 3.05) is 0 Å². The molecule has 0 unspecified atom stereocenters. The van der Waals surface area contributed by atoms with E-state index in [0.717, 1.165) is 16.6 Å². The third kappa shape index (κ3) is 2.60. The van der Waals surface area contributed by atoms with E-state index in [9.17, 15) is 13.6 Å². The molecule has 92 valence electrons. The second kappa shape index (κ2) is 5.16. The highest BCUT2D eigenvalue weighted by Crippen LogP contribution is 2.23. The van der Waals surface area contributed by atoms with Gasteiger partial charge in [0.1, 0.15) is 0 Å². The average Bonchev–Trinajstić information content (AvgIpc) is 2.34. The molecule has 0 amide bonds. The minimum atomic E-state index is -1.10. The van der Waals surface area contributed by atoms with Crippen molar-refractivity contribution in [3.05, 3.63) is 68.7 Å². The zero-order valence-corrected chi connectivity index (χ0v) is 11.2. The van der Waals surface area contributed by atoms with Crippen LogP contribution in [0.3, 0.4) is 0 Å². The first kappa shape index (κ1) is 13.2. The number of halogens is 4. The van der Waals surface area contributed by atoms with Gasteiger partial charge < -0.3 is 0 Å². The number of rotatable bonds is 2. The van der Waals surface area contributed by atoms with Crippen LogP contribution in [0, 0.1) is 11.6 Å². The van der Waals surface area contributed by atoms with Gasteiger partial charge in [0.2, 0.25) is 0 Å². The maximum absolute atomic E-state index is 13.1. The van der Waals surface area contributed by atoms with Crippen LogP contribution in [-0.4, -0.2) is 5.78 Å². The fourth-order valence-electron chi connectivity index (χ4n) is 1.45. The second-order valence-electron chi connectivity index (χ2n) is 3.58. The van der Waals surface area contributed by atoms with E-state index in [1.807, 2.05) is 0 Å². The zero-order valence-electron chi connectivity index (χ0n) is 8.88. The second-order valence-corrected chi connectivity index (χ2v) is 4.91. The Morgan fingerprint density at radius 2 is 1.61 bits per heavy atom. The number of ketones is 1. The lowest BCUT2D eigenvalue weighted by Gasteiger charge is -2.05. The molecule has 0 atom stereocenters. The van der Waals surface area contributed by atoms with Gasteiger partial charge in [-0.05, 0) is 36.4 Å². The molecule has 0 saturated carbocycles. The summed E-state index contributed by atoms with van der Waals surface area (Å²) in [5.74, 6) is -2.63. The first-order chi connectivity index (χ1) is 8.49. The van der Waals surface area contributed by atoms with Crippen molar-refractivity contribution in [3.8, 4) is 0 Å². The molecule has 0 bridgehead atoms. The number of carbonyl (C=O) groups excluding carboxylic acids is 1. The van der Waals surface area contributed by atoms with Crippen molar-refractivity contribution >= 4 is 33.3 Å². The van der Waals surface area contributed by atoms with E-state index in [-0.39, 0.29) is 10.6 Å². The Balaban J connectivity index is 2.46. The third-order valence-corrected chi connectivity index (χ3v) is 3.20. The summed E-state index contributed by atoms with van der Waals surface area (Å²) in [5.41, 5.74) is 0.295. The van der Waals surface area contributed by atoms with Crippen LogP contribution in [0.1, 0.15) is 15.9 Å². The molecule has 0 saturated heterocycles. The molecule has 0 radical (unpaired) electrons. The minimum absolute atomic E-state index is 0.0575. The maximum atomic E-state index is 13.1. The summed E-state index contributed by atoms with van der Waals surface area (Å²) >= 11 is 8.98. The maximum Gasteiger partial charge on any atom is 0.194 e. The topological polar surface area (TPSA) is 17.1 Å². The van der Waals surface area contributed by atoms with E-state index in [2.05, 4.69) is 15.9 Å². The number of hydrogen-bond donors (Lipinski definition) is 0. The van der Waals surface area contributed by atoms with Gasteiger partial charge in [0, 0.05) is 15.6 Å². The molecule has 2 aromatic rings. The summed E-state index contributed by atoms with van der Waals surface area (Å²) in [6.45, 7) is 0. The van der Waals surface area contributed by atoms with Gasteiger partial charge in [0.25, 0.3) is 0 Å². The van der Waals surface area contributed by atoms with Crippen LogP contribution >= 0.6 is 27.5 Å². The molecule has 0 N–H and O–H groups in total. The molecule has 5 heteroatoms. The molecule has 0 aromatic heterocycles. The van der Waals surface area contributed by atoms with Crippen molar-refractivity contribution in [1.82, 2.24) is 0 Å². The lowest BCUT2D eigenvalue weighted by Crippen LogP contribution is -2.03. The Morgan fingerprint density at radius 3 is 2.22 bits per heavy atom. The van der Waals surface area contributed by atoms with E-state index in [1.54, 1.807) is 24.3 Å². The molecule has 0 aliphatic carbocycles. The highest BCUT2D eigenvalue weighted by molar-refractivity contribution is 9.10. The Bertz CT molecular complexity index is 611. The van der Waals surface area contributed by atoms with Crippen LogP contribution in [0.5, 0.6) is 0 Å². The molecule has 0 aliphatic rings. The van der Waals surface area contributed by atoms with Gasteiger partial charge >= 0.3 is 0 Å². The van der Waals surface area contributed by atoms with Crippen molar-refractivity contribution < 1.29 is 13.6 Å². The smallest absolute Gasteiger partial charge is 0.194 e. The number of hydrogen-bond acceptors (Lipinski definition) is 1. The van der Waals surface area contributed by atoms with Gasteiger partial charge in [-0.1, -0.05) is 27.5 Å². The van der Waals surface area contributed by atoms with Crippen LogP contribution in [0.25, 0.3) is 0 Å². The summed E-state index contributed by atoms with van der Waals surface area (Å²) < 4.78 is 26.8. The van der Waals surface area contributed by atoms with E-state index >= 15 is 0 Å². The third-order valence-electron chi connectivity index (χ3n) is 2.36. The monoisotopic (exact) mass is 330 g/mol. The SMILES string of the molecule is O=C(c1ccc(Br)cc1)c1cc(F)c(F)cc1Cl. The van der Waals surface area contributed by atoms with E-state index in [4.69, 9.17) is 11.6 Å². The van der Waals surface area contributed by atoms with Crippen LogP contribution < -0.4 is 0 Å². The fourth-order valence-corrected chi connectivity index (χ4v) is 1.95. The van der Waals surface area contributed by atoms with Crippen molar-refractivity contribution in [1.29, 1.82) is 0 Å². The first-order valence-corrected chi connectivity index (χ1v) is 6.11. The molecule has 0 spiro atoms. The van der Waals surface area contributed by atoms with Crippen LogP contribution in [0.4, 0.5) is 8.78 Å². The Kier molecular flexibility index (Phi) is 3.78. The summed E-state index contributed by atoms with van der Waals surface area (Å²) in [6.07, 6.45) is 0. The van der Waals surface area contributed by atoms with Gasteiger partial charge in [-0.2, -0.15) is 0 Å². The van der Waals surface area contributed by atoms with Gasteiger partial charge in [-0.25, -0.2) is 8.78 Å². The predicted molar refractivity (Wildman–Crippen MR) is 68.9 cm³/mol. The molecule has 2 aromatic carbocycles. The van der Waals surface area contributed by atoms with Crippen LogP contribution in [0.2, 0.25) is 5.02 Å². The van der Waals surface area contributed by atoms with Gasteiger partial charge in [0.15, 0.2) is 17.4 Å². The first-order valence-electron chi connectivity index (χ1n) is 4.94. The molecule has 0 aliphatic heterocycles. The highest BCUT2D eigenvalue weighted by atomic mass is 79.9. The van der Waals surface area contributed by atoms with E-state index < -0.39 is 17.4 Å². The van der Waals surface area contributed by atoms with Crippen LogP contribution in [0.15, 0.2) is 40.9 Å². The molecular formula is C13H6BrClF2O. The highest BCUT2D eigenvalue weighted by Gasteiger charge is 2.16. The molecular weight excluding hydrogens is 325 g/mol. The summed E-state index contributed by atoms with van der Waals surface area (Å²) in [6, 6.07) is 8.11. The molecule has 0 fully saturated rings. The quantitative estimate of drug-likeness (QED) is 0.580. The van der Waals surface area contributed by atoms with Crippen molar-refractivity contribution in [2.24, 2.45) is 0 Å². The van der Waals surface area contributed by atoms with Crippen LogP contribution in [-0.2, 0) is 0 Å². The van der Waals surface area contributed by atoms with E-state index in [1.165, 1.54) is 0 Å². The standard InChI is InChI=1S/C13H6BrClF2O/c14-8-3-1-7(2-4-8)13(18)9-5-11(16)12(17)6-10(9)15/h1-6H. The normalized spacial score (nSPS) is 10.4. The average molecular weight is 332 g/mol. The molecule has 1 nitrogen and oxygen atoms in total. The lowest BCUT2D eigenvalue weighted by atomic mass is 10.0. The van der Waals surface area contributed by atoms with Gasteiger partial charge in [-0.15, -0.1) is 0 Å². The fraction of sp³-hybridized carbons (Fsp3) is 0. The minimum Gasteiger partial charge on any atom is -0.289 e. The van der Waals surface area contributed by atoms with Gasteiger partial charge in [0.05, 0.1) is 5.02 Å². The molecule has 18 heavy (non-hydrogen) atoms. The summed E-state index contributed by atoms with van der Waals surface area (Å²) in [5, 5.41) is -0.109. The predicted octanol–water partition coefficient (Wildman–Crippen LogP) is 4.61. The zero-order chi connectivity index (χ0) is 13.3. The number of carbonyl (C=O) groups is 1. The summed E-state index contributed by atoms with van der Waals surface area (Å²) in [4.78, 5) is 12.1. The van der Waals surface area contributed by atoms with Crippen molar-refractivity contribution in [2.45, 2.75) is 0 Å². The van der Waals surface area contributed by atoms with Crippen molar-refractivity contribution in [3.63, 3.8) is 0 Å². The molecule has 2 rings (SSSR count). The molecule has 0 heterocycles. The Hall–Kier alpha value is -1.26. The number of benzene rings is 2. The largest absolute Gasteiger partial charge is 0.289 e. The Labute approximate surface area is 116 Å². The van der Waals surface area contributed by atoms with E-state index in [0.29, 0.717) is 5.56 Å². The lowest BCUT2D eigenvalue weighted by molar-refractivity contribution is 0.103.